The molecule has 0 fully saturated rings. The maximum absolute atomic E-state index is 12.3. The minimum atomic E-state index is -0.348. The molecule has 0 aliphatic carbocycles. The van der Waals surface area contributed by atoms with Crippen molar-refractivity contribution < 1.29 is 9.59 Å². The molecule has 33 heavy (non-hydrogen) atoms. The summed E-state index contributed by atoms with van der Waals surface area (Å²) < 4.78 is 1.78. The highest BCUT2D eigenvalue weighted by molar-refractivity contribution is 6.04. The topological polar surface area (TPSA) is 101 Å². The third-order valence-corrected chi connectivity index (χ3v) is 4.93. The molecule has 0 atom stereocenters. The van der Waals surface area contributed by atoms with Crippen LogP contribution in [0.2, 0.25) is 0 Å². The molecule has 0 unspecified atom stereocenters. The molecule has 0 saturated heterocycles. The molecule has 8 heteroatoms. The molecule has 2 heterocycles. The fourth-order valence-corrected chi connectivity index (χ4v) is 3.29. The highest BCUT2D eigenvalue weighted by Crippen LogP contribution is 2.13. The lowest BCUT2D eigenvalue weighted by atomic mass is 10.2. The molecular formula is C25H24N6O2. The van der Waals surface area contributed by atoms with Crippen molar-refractivity contribution in [3.63, 3.8) is 0 Å². The predicted octanol–water partition coefficient (Wildman–Crippen LogP) is 4.46. The zero-order valence-corrected chi connectivity index (χ0v) is 18.4. The summed E-state index contributed by atoms with van der Waals surface area (Å²) in [5, 5.41) is 12.8. The highest BCUT2D eigenvalue weighted by Gasteiger charge is 2.08. The van der Waals surface area contributed by atoms with E-state index in [-0.39, 0.29) is 11.9 Å². The Morgan fingerprint density at radius 1 is 0.879 bits per heavy atom. The van der Waals surface area contributed by atoms with Crippen LogP contribution in [0.3, 0.4) is 0 Å². The van der Waals surface area contributed by atoms with Crippen molar-refractivity contribution in [2.24, 2.45) is 0 Å². The summed E-state index contributed by atoms with van der Waals surface area (Å²) in [6, 6.07) is 21.3. The Labute approximate surface area is 191 Å². The van der Waals surface area contributed by atoms with Crippen molar-refractivity contribution in [2.75, 3.05) is 10.6 Å². The summed E-state index contributed by atoms with van der Waals surface area (Å²) in [6.07, 6.45) is 1.71. The van der Waals surface area contributed by atoms with Gasteiger partial charge in [-0.2, -0.15) is 5.10 Å². The van der Waals surface area contributed by atoms with Crippen LogP contribution in [-0.4, -0.2) is 26.7 Å². The first-order chi connectivity index (χ1) is 16.0. The average molecular weight is 441 g/mol. The van der Waals surface area contributed by atoms with E-state index in [1.54, 1.807) is 35.1 Å². The van der Waals surface area contributed by atoms with Gasteiger partial charge < -0.3 is 16.0 Å². The van der Waals surface area contributed by atoms with E-state index in [0.29, 0.717) is 17.8 Å². The van der Waals surface area contributed by atoms with Crippen LogP contribution in [-0.2, 0) is 6.54 Å². The standard InChI is InChI=1S/C25H24N6O2/c1-17-14-18(2)31(30-17)23-13-8-19(15-26-23)16-27-25(33)29-22-11-9-20(10-12-22)24(32)28-21-6-4-3-5-7-21/h3-15H,16H2,1-2H3,(H,28,32)(H2,27,29,33). The molecule has 0 spiro atoms. The number of carbonyl (C=O) groups is 2. The molecule has 8 nitrogen and oxygen atoms in total. The van der Waals surface area contributed by atoms with E-state index in [1.165, 1.54) is 0 Å². The summed E-state index contributed by atoms with van der Waals surface area (Å²) in [7, 11) is 0. The van der Waals surface area contributed by atoms with E-state index in [1.807, 2.05) is 62.4 Å². The van der Waals surface area contributed by atoms with Gasteiger partial charge in [0.15, 0.2) is 5.82 Å². The van der Waals surface area contributed by atoms with Crippen LogP contribution < -0.4 is 16.0 Å². The summed E-state index contributed by atoms with van der Waals surface area (Å²) in [6.45, 7) is 4.24. The molecular weight excluding hydrogens is 416 g/mol. The number of benzene rings is 2. The van der Waals surface area contributed by atoms with Crippen molar-refractivity contribution in [1.82, 2.24) is 20.1 Å². The normalized spacial score (nSPS) is 10.5. The molecule has 4 aromatic rings. The first kappa shape index (κ1) is 21.8. The molecule has 3 N–H and O–H groups in total. The Bertz CT molecular complexity index is 1250. The maximum atomic E-state index is 12.3. The molecule has 0 aliphatic rings. The van der Waals surface area contributed by atoms with E-state index in [2.05, 4.69) is 26.0 Å². The second-order valence-corrected chi connectivity index (χ2v) is 7.57. The number of amides is 3. The van der Waals surface area contributed by atoms with Crippen molar-refractivity contribution in [1.29, 1.82) is 0 Å². The average Bonchev–Trinajstić information content (AvgIpc) is 3.17. The largest absolute Gasteiger partial charge is 0.334 e. The number of nitrogens with zero attached hydrogens (tertiary/aromatic N) is 3. The van der Waals surface area contributed by atoms with Gasteiger partial charge in [0.2, 0.25) is 0 Å². The Kier molecular flexibility index (Phi) is 6.45. The zero-order chi connectivity index (χ0) is 23.2. The fourth-order valence-electron chi connectivity index (χ4n) is 3.29. The summed E-state index contributed by atoms with van der Waals surface area (Å²) in [4.78, 5) is 29.0. The van der Waals surface area contributed by atoms with Crippen LogP contribution in [0, 0.1) is 13.8 Å². The molecule has 4 rings (SSSR count). The molecule has 0 bridgehead atoms. The van der Waals surface area contributed by atoms with Gasteiger partial charge in [-0.05, 0) is 67.9 Å². The minimum Gasteiger partial charge on any atom is -0.334 e. The van der Waals surface area contributed by atoms with Gasteiger partial charge in [0.25, 0.3) is 5.91 Å². The molecule has 2 aromatic carbocycles. The highest BCUT2D eigenvalue weighted by atomic mass is 16.2. The van der Waals surface area contributed by atoms with Gasteiger partial charge >= 0.3 is 6.03 Å². The number of hydrogen-bond donors (Lipinski definition) is 3. The summed E-state index contributed by atoms with van der Waals surface area (Å²) in [5.41, 5.74) is 4.61. The third-order valence-electron chi connectivity index (χ3n) is 4.93. The fraction of sp³-hybridized carbons (Fsp3) is 0.120. The van der Waals surface area contributed by atoms with E-state index in [4.69, 9.17) is 0 Å². The number of pyridine rings is 1. The number of carbonyl (C=O) groups excluding carboxylic acids is 2. The second-order valence-electron chi connectivity index (χ2n) is 7.57. The number of aryl methyl sites for hydroxylation is 2. The van der Waals surface area contributed by atoms with Gasteiger partial charge in [0.1, 0.15) is 0 Å². The Morgan fingerprint density at radius 2 is 1.61 bits per heavy atom. The Balaban J connectivity index is 1.28. The van der Waals surface area contributed by atoms with Crippen LogP contribution in [0.1, 0.15) is 27.3 Å². The van der Waals surface area contributed by atoms with Crippen LogP contribution in [0.4, 0.5) is 16.2 Å². The first-order valence-corrected chi connectivity index (χ1v) is 10.5. The summed E-state index contributed by atoms with van der Waals surface area (Å²) >= 11 is 0. The van der Waals surface area contributed by atoms with Gasteiger partial charge in [-0.15, -0.1) is 0 Å². The first-order valence-electron chi connectivity index (χ1n) is 10.5. The van der Waals surface area contributed by atoms with Gasteiger partial charge in [-0.1, -0.05) is 24.3 Å². The van der Waals surface area contributed by atoms with Gasteiger partial charge in [-0.3, -0.25) is 4.79 Å². The van der Waals surface area contributed by atoms with E-state index >= 15 is 0 Å². The lowest BCUT2D eigenvalue weighted by Crippen LogP contribution is -2.28. The van der Waals surface area contributed by atoms with Crippen LogP contribution >= 0.6 is 0 Å². The van der Waals surface area contributed by atoms with Crippen molar-refractivity contribution >= 4 is 23.3 Å². The number of anilines is 2. The Hall–Kier alpha value is -4.46. The number of rotatable bonds is 6. The maximum Gasteiger partial charge on any atom is 0.319 e. The van der Waals surface area contributed by atoms with Crippen LogP contribution in [0.5, 0.6) is 0 Å². The summed E-state index contributed by atoms with van der Waals surface area (Å²) in [5.74, 6) is 0.513. The quantitative estimate of drug-likeness (QED) is 0.412. The van der Waals surface area contributed by atoms with Crippen molar-refractivity contribution in [2.45, 2.75) is 20.4 Å². The van der Waals surface area contributed by atoms with Gasteiger partial charge in [0, 0.05) is 35.4 Å². The van der Waals surface area contributed by atoms with E-state index in [0.717, 1.165) is 28.5 Å². The number of hydrogen-bond acceptors (Lipinski definition) is 4. The number of urea groups is 1. The predicted molar refractivity (Wildman–Crippen MR) is 128 cm³/mol. The molecule has 0 aliphatic heterocycles. The van der Waals surface area contributed by atoms with Crippen LogP contribution in [0.15, 0.2) is 79.0 Å². The lowest BCUT2D eigenvalue weighted by molar-refractivity contribution is 0.102. The smallest absolute Gasteiger partial charge is 0.319 e. The monoisotopic (exact) mass is 440 g/mol. The Morgan fingerprint density at radius 3 is 2.24 bits per heavy atom. The number of aromatic nitrogens is 3. The SMILES string of the molecule is Cc1cc(C)n(-c2ccc(CNC(=O)Nc3ccc(C(=O)Nc4ccccc4)cc3)cn2)n1. The third kappa shape index (κ3) is 5.62. The molecule has 0 radical (unpaired) electrons. The van der Waals surface area contributed by atoms with E-state index in [9.17, 15) is 9.59 Å². The van der Waals surface area contributed by atoms with Crippen molar-refractivity contribution in [3.8, 4) is 5.82 Å². The number of para-hydroxylation sites is 1. The van der Waals surface area contributed by atoms with Crippen molar-refractivity contribution in [3.05, 3.63) is 102 Å². The minimum absolute atomic E-state index is 0.214. The number of nitrogens with one attached hydrogen (secondary N) is 3. The second kappa shape index (κ2) is 9.78. The zero-order valence-electron chi connectivity index (χ0n) is 18.4. The molecule has 166 valence electrons. The van der Waals surface area contributed by atoms with Gasteiger partial charge in [-0.25, -0.2) is 14.5 Å². The lowest BCUT2D eigenvalue weighted by Gasteiger charge is -2.09. The molecule has 0 saturated carbocycles. The molecule has 3 amide bonds. The molecule has 2 aromatic heterocycles. The van der Waals surface area contributed by atoms with Gasteiger partial charge in [0.05, 0.1) is 5.69 Å². The van der Waals surface area contributed by atoms with E-state index < -0.39 is 0 Å². The van der Waals surface area contributed by atoms with Crippen LogP contribution in [0.25, 0.3) is 5.82 Å².